The van der Waals surface area contributed by atoms with Gasteiger partial charge in [-0.05, 0) is 32.9 Å². The van der Waals surface area contributed by atoms with Crippen molar-refractivity contribution in [2.75, 3.05) is 18.0 Å². The summed E-state index contributed by atoms with van der Waals surface area (Å²) >= 11 is 5.67. The zero-order chi connectivity index (χ0) is 15.6. The first-order chi connectivity index (χ1) is 9.74. The zero-order valence-electron chi connectivity index (χ0n) is 12.1. The van der Waals surface area contributed by atoms with Crippen molar-refractivity contribution in [3.63, 3.8) is 0 Å². The molecule has 1 N–H and O–H groups in total. The Morgan fingerprint density at radius 3 is 2.71 bits per heavy atom. The average molecular weight is 317 g/mol. The van der Waals surface area contributed by atoms with Gasteiger partial charge in [0.15, 0.2) is 11.0 Å². The minimum absolute atomic E-state index is 0.136. The summed E-state index contributed by atoms with van der Waals surface area (Å²) in [6.07, 6.45) is -1.82. The number of halogens is 2. The van der Waals surface area contributed by atoms with Crippen molar-refractivity contribution in [3.8, 4) is 0 Å². The fraction of sp³-hybridized carbons (Fsp3) is 0.615. The van der Waals surface area contributed by atoms with Gasteiger partial charge in [-0.3, -0.25) is 0 Å². The molecule has 0 unspecified atom stereocenters. The molecule has 0 spiro atoms. The van der Waals surface area contributed by atoms with Crippen LogP contribution in [-0.4, -0.2) is 47.2 Å². The monoisotopic (exact) mass is 316 g/mol. The predicted octanol–water partition coefficient (Wildman–Crippen LogP) is 2.18. The Balaban J connectivity index is 1.95. The van der Waals surface area contributed by atoms with Gasteiger partial charge in [0.1, 0.15) is 11.8 Å². The SMILES string of the molecule is CC(C)(C)OC(=O)N[C@H]1CN(c2ccc(Cl)nn2)C[C@@H]1F. The Morgan fingerprint density at radius 1 is 1.43 bits per heavy atom. The van der Waals surface area contributed by atoms with E-state index in [1.54, 1.807) is 37.8 Å². The van der Waals surface area contributed by atoms with Crippen LogP contribution in [0.3, 0.4) is 0 Å². The van der Waals surface area contributed by atoms with Crippen molar-refractivity contribution in [1.82, 2.24) is 15.5 Å². The van der Waals surface area contributed by atoms with Gasteiger partial charge in [0.2, 0.25) is 0 Å². The number of carbonyl (C=O) groups is 1. The van der Waals surface area contributed by atoms with Gasteiger partial charge >= 0.3 is 6.09 Å². The third-order valence-corrected chi connectivity index (χ3v) is 3.09. The number of hydrogen-bond donors (Lipinski definition) is 1. The molecule has 1 aliphatic rings. The Morgan fingerprint density at radius 2 is 2.14 bits per heavy atom. The Bertz CT molecular complexity index is 506. The minimum Gasteiger partial charge on any atom is -0.444 e. The second kappa shape index (κ2) is 6.01. The molecule has 8 heteroatoms. The molecule has 0 aromatic carbocycles. The number of rotatable bonds is 2. The van der Waals surface area contributed by atoms with Crippen LogP contribution in [0.25, 0.3) is 0 Å². The second-order valence-corrected chi connectivity index (χ2v) is 6.28. The van der Waals surface area contributed by atoms with Crippen LogP contribution in [0, 0.1) is 0 Å². The highest BCUT2D eigenvalue weighted by Crippen LogP contribution is 2.21. The third-order valence-electron chi connectivity index (χ3n) is 2.89. The quantitative estimate of drug-likeness (QED) is 0.906. The maximum atomic E-state index is 14.0. The molecule has 0 bridgehead atoms. The van der Waals surface area contributed by atoms with E-state index in [-0.39, 0.29) is 11.7 Å². The van der Waals surface area contributed by atoms with Gasteiger partial charge in [-0.15, -0.1) is 10.2 Å². The molecule has 2 rings (SSSR count). The van der Waals surface area contributed by atoms with E-state index in [9.17, 15) is 9.18 Å². The summed E-state index contributed by atoms with van der Waals surface area (Å²) < 4.78 is 19.1. The number of alkyl halides is 1. The lowest BCUT2D eigenvalue weighted by atomic mass is 10.2. The number of nitrogens with zero attached hydrogens (tertiary/aromatic N) is 3. The third kappa shape index (κ3) is 4.42. The van der Waals surface area contributed by atoms with E-state index in [0.717, 1.165) is 0 Å². The van der Waals surface area contributed by atoms with Crippen molar-refractivity contribution in [2.45, 2.75) is 38.6 Å². The summed E-state index contributed by atoms with van der Waals surface area (Å²) in [6, 6.07) is 2.61. The van der Waals surface area contributed by atoms with Gasteiger partial charge in [0, 0.05) is 6.54 Å². The van der Waals surface area contributed by atoms with Crippen LogP contribution in [0.1, 0.15) is 20.8 Å². The molecule has 2 atom stereocenters. The fourth-order valence-corrected chi connectivity index (χ4v) is 2.12. The lowest BCUT2D eigenvalue weighted by Crippen LogP contribution is -2.44. The normalized spacial score (nSPS) is 22.2. The number of nitrogens with one attached hydrogen (secondary N) is 1. The molecule has 1 aromatic rings. The highest BCUT2D eigenvalue weighted by Gasteiger charge is 2.35. The highest BCUT2D eigenvalue weighted by molar-refractivity contribution is 6.29. The van der Waals surface area contributed by atoms with Crippen LogP contribution in [0.5, 0.6) is 0 Å². The fourth-order valence-electron chi connectivity index (χ4n) is 2.02. The standard InChI is InChI=1S/C13H18ClFN4O2/c1-13(2,3)21-12(20)16-9-7-19(6-8(9)15)11-5-4-10(14)17-18-11/h4-5,8-9H,6-7H2,1-3H3,(H,16,20)/t8-,9-/m0/s1. The van der Waals surface area contributed by atoms with Crippen LogP contribution in [0.15, 0.2) is 12.1 Å². The largest absolute Gasteiger partial charge is 0.444 e. The van der Waals surface area contributed by atoms with Crippen LogP contribution < -0.4 is 10.2 Å². The molecule has 1 saturated heterocycles. The van der Waals surface area contributed by atoms with Crippen LogP contribution in [0.4, 0.5) is 15.0 Å². The number of anilines is 1. The van der Waals surface area contributed by atoms with Crippen molar-refractivity contribution >= 4 is 23.5 Å². The maximum absolute atomic E-state index is 14.0. The smallest absolute Gasteiger partial charge is 0.408 e. The van der Waals surface area contributed by atoms with Crippen LogP contribution >= 0.6 is 11.6 Å². The van der Waals surface area contributed by atoms with Crippen molar-refractivity contribution < 1.29 is 13.9 Å². The number of ether oxygens (including phenoxy) is 1. The summed E-state index contributed by atoms with van der Waals surface area (Å²) in [4.78, 5) is 13.4. The van der Waals surface area contributed by atoms with Crippen LogP contribution in [0.2, 0.25) is 5.15 Å². The number of aromatic nitrogens is 2. The molecule has 6 nitrogen and oxygen atoms in total. The van der Waals surface area contributed by atoms with Crippen LogP contribution in [-0.2, 0) is 4.74 Å². The topological polar surface area (TPSA) is 67.3 Å². The van der Waals surface area contributed by atoms with E-state index in [2.05, 4.69) is 15.5 Å². The molecule has 1 aromatic heterocycles. The molecule has 1 fully saturated rings. The number of hydrogen-bond acceptors (Lipinski definition) is 5. The zero-order valence-corrected chi connectivity index (χ0v) is 12.9. The molecule has 0 radical (unpaired) electrons. The van der Waals surface area contributed by atoms with E-state index in [0.29, 0.717) is 12.4 Å². The Kier molecular flexibility index (Phi) is 4.51. The molecular weight excluding hydrogens is 299 g/mol. The minimum atomic E-state index is -1.20. The maximum Gasteiger partial charge on any atom is 0.408 e. The Hall–Kier alpha value is -1.63. The number of alkyl carbamates (subject to hydrolysis) is 1. The van der Waals surface area contributed by atoms with E-state index < -0.39 is 23.9 Å². The molecule has 1 amide bonds. The summed E-state index contributed by atoms with van der Waals surface area (Å²) in [5, 5.41) is 10.4. The van der Waals surface area contributed by atoms with Gasteiger partial charge in [-0.1, -0.05) is 11.6 Å². The molecular formula is C13H18ClFN4O2. The molecule has 116 valence electrons. The molecule has 2 heterocycles. The molecule has 0 saturated carbocycles. The summed E-state index contributed by atoms with van der Waals surface area (Å²) in [6.45, 7) is 5.70. The summed E-state index contributed by atoms with van der Waals surface area (Å²) in [7, 11) is 0. The Labute approximate surface area is 127 Å². The highest BCUT2D eigenvalue weighted by atomic mass is 35.5. The van der Waals surface area contributed by atoms with Gasteiger partial charge in [0.25, 0.3) is 0 Å². The summed E-state index contributed by atoms with van der Waals surface area (Å²) in [5.74, 6) is 0.524. The van der Waals surface area contributed by atoms with Gasteiger partial charge < -0.3 is 15.0 Å². The van der Waals surface area contributed by atoms with Gasteiger partial charge in [0.05, 0.1) is 12.6 Å². The molecule has 21 heavy (non-hydrogen) atoms. The molecule has 0 aliphatic carbocycles. The average Bonchev–Trinajstić information content (AvgIpc) is 2.69. The van der Waals surface area contributed by atoms with E-state index in [4.69, 9.17) is 16.3 Å². The number of amides is 1. The van der Waals surface area contributed by atoms with Crippen molar-refractivity contribution in [1.29, 1.82) is 0 Å². The lowest BCUT2D eigenvalue weighted by molar-refractivity contribution is 0.0490. The first-order valence-corrected chi connectivity index (χ1v) is 7.00. The predicted molar refractivity (Wildman–Crippen MR) is 77.3 cm³/mol. The van der Waals surface area contributed by atoms with Crippen molar-refractivity contribution in [2.24, 2.45) is 0 Å². The number of carbonyl (C=O) groups excluding carboxylic acids is 1. The molecule has 1 aliphatic heterocycles. The first kappa shape index (κ1) is 15.8. The lowest BCUT2D eigenvalue weighted by Gasteiger charge is -2.22. The first-order valence-electron chi connectivity index (χ1n) is 6.62. The van der Waals surface area contributed by atoms with Gasteiger partial charge in [-0.2, -0.15) is 0 Å². The van der Waals surface area contributed by atoms with E-state index >= 15 is 0 Å². The van der Waals surface area contributed by atoms with Crippen molar-refractivity contribution in [3.05, 3.63) is 17.3 Å². The second-order valence-electron chi connectivity index (χ2n) is 5.89. The van der Waals surface area contributed by atoms with Gasteiger partial charge in [-0.25, -0.2) is 9.18 Å². The van der Waals surface area contributed by atoms with E-state index in [1.165, 1.54) is 0 Å². The summed E-state index contributed by atoms with van der Waals surface area (Å²) in [5.41, 5.74) is -0.615. The van der Waals surface area contributed by atoms with E-state index in [1.807, 2.05) is 0 Å².